The summed E-state index contributed by atoms with van der Waals surface area (Å²) in [6.45, 7) is 7.45. The maximum atomic E-state index is 12.4. The summed E-state index contributed by atoms with van der Waals surface area (Å²) in [4.78, 5) is 2.23. The zero-order valence-corrected chi connectivity index (χ0v) is 14.7. The minimum absolute atomic E-state index is 0.141. The van der Waals surface area contributed by atoms with E-state index in [4.69, 9.17) is 5.73 Å². The van der Waals surface area contributed by atoms with Crippen molar-refractivity contribution in [3.8, 4) is 0 Å². The molecule has 0 bridgehead atoms. The van der Waals surface area contributed by atoms with Gasteiger partial charge in [-0.25, -0.2) is 8.42 Å². The zero-order valence-electron chi connectivity index (χ0n) is 13.1. The second-order valence-corrected chi connectivity index (χ2v) is 9.20. The average Bonchev–Trinajstić information content (AvgIpc) is 2.47. The molecule has 1 fully saturated rings. The third-order valence-electron chi connectivity index (χ3n) is 4.32. The molecule has 0 saturated carbocycles. The molecule has 1 saturated heterocycles. The summed E-state index contributed by atoms with van der Waals surface area (Å²) >= 11 is 1.75. The summed E-state index contributed by atoms with van der Waals surface area (Å²) in [6, 6.07) is 0. The highest BCUT2D eigenvalue weighted by atomic mass is 32.2. The normalized spacial score (nSPS) is 22.1. The van der Waals surface area contributed by atoms with Crippen molar-refractivity contribution in [1.29, 1.82) is 0 Å². The summed E-state index contributed by atoms with van der Waals surface area (Å²) in [6.07, 6.45) is 4.05. The van der Waals surface area contributed by atoms with Crippen LogP contribution >= 0.6 is 11.8 Å². The molecule has 120 valence electrons. The first-order valence-electron chi connectivity index (χ1n) is 7.73. The Morgan fingerprint density at radius 3 is 2.30 bits per heavy atom. The van der Waals surface area contributed by atoms with E-state index in [2.05, 4.69) is 18.7 Å². The lowest BCUT2D eigenvalue weighted by atomic mass is 9.86. The second kappa shape index (κ2) is 8.01. The lowest BCUT2D eigenvalue weighted by Crippen LogP contribution is -2.62. The van der Waals surface area contributed by atoms with Gasteiger partial charge in [0.1, 0.15) is 5.37 Å². The van der Waals surface area contributed by atoms with Crippen molar-refractivity contribution in [3.63, 3.8) is 0 Å². The Labute approximate surface area is 128 Å². The molecule has 2 N–H and O–H groups in total. The highest BCUT2D eigenvalue weighted by Gasteiger charge is 2.43. The molecule has 0 aromatic carbocycles. The predicted molar refractivity (Wildman–Crippen MR) is 88.9 cm³/mol. The lowest BCUT2D eigenvalue weighted by Gasteiger charge is -2.49. The van der Waals surface area contributed by atoms with Crippen LogP contribution in [0, 0.1) is 0 Å². The highest BCUT2D eigenvalue weighted by Crippen LogP contribution is 2.34. The van der Waals surface area contributed by atoms with Gasteiger partial charge in [0.15, 0.2) is 9.84 Å². The number of sulfone groups is 1. The zero-order chi connectivity index (χ0) is 15.2. The number of nitrogens with two attached hydrogens (primary N) is 1. The molecule has 1 unspecified atom stereocenters. The van der Waals surface area contributed by atoms with Gasteiger partial charge in [-0.1, -0.05) is 33.6 Å². The molecule has 1 rings (SSSR count). The van der Waals surface area contributed by atoms with E-state index in [1.165, 1.54) is 0 Å². The molecule has 1 atom stereocenters. The molecule has 0 radical (unpaired) electrons. The fourth-order valence-corrected chi connectivity index (χ4v) is 6.37. The van der Waals surface area contributed by atoms with E-state index in [1.54, 1.807) is 18.7 Å². The van der Waals surface area contributed by atoms with Gasteiger partial charge in [-0.15, -0.1) is 0 Å². The van der Waals surface area contributed by atoms with Gasteiger partial charge in [0, 0.05) is 35.9 Å². The van der Waals surface area contributed by atoms with Crippen LogP contribution in [0.15, 0.2) is 0 Å². The summed E-state index contributed by atoms with van der Waals surface area (Å²) < 4.78 is 24.9. The summed E-state index contributed by atoms with van der Waals surface area (Å²) in [5.74, 6) is 1.91. The fraction of sp³-hybridized carbons (Fsp3) is 1.00. The molecule has 4 nitrogen and oxygen atoms in total. The molecule has 0 amide bonds. The van der Waals surface area contributed by atoms with Gasteiger partial charge in [-0.05, 0) is 12.8 Å². The molecule has 0 aromatic heterocycles. The Morgan fingerprint density at radius 2 is 1.85 bits per heavy atom. The van der Waals surface area contributed by atoms with Crippen molar-refractivity contribution in [2.75, 3.05) is 30.3 Å². The van der Waals surface area contributed by atoms with E-state index in [1.807, 2.05) is 0 Å². The number of thioether (sulfide) groups is 1. The van der Waals surface area contributed by atoms with Gasteiger partial charge in [0.05, 0.1) is 0 Å². The van der Waals surface area contributed by atoms with Crippen LogP contribution in [0.1, 0.15) is 46.5 Å². The van der Waals surface area contributed by atoms with Crippen LogP contribution in [0.25, 0.3) is 0 Å². The number of rotatable bonds is 8. The predicted octanol–water partition coefficient (Wildman–Crippen LogP) is 2.09. The molecule has 20 heavy (non-hydrogen) atoms. The van der Waals surface area contributed by atoms with Crippen molar-refractivity contribution in [2.24, 2.45) is 5.73 Å². The smallest absolute Gasteiger partial charge is 0.166 e. The minimum atomic E-state index is -3.05. The topological polar surface area (TPSA) is 63.4 Å². The Hall–Kier alpha value is 0.220. The second-order valence-electron chi connectivity index (χ2n) is 5.60. The Balaban J connectivity index is 3.12. The molecule has 1 aliphatic heterocycles. The van der Waals surface area contributed by atoms with Gasteiger partial charge < -0.3 is 5.73 Å². The van der Waals surface area contributed by atoms with E-state index in [-0.39, 0.29) is 16.7 Å². The molecule has 0 aliphatic carbocycles. The molecule has 0 spiro atoms. The first kappa shape index (κ1) is 18.3. The van der Waals surface area contributed by atoms with E-state index in [9.17, 15) is 8.42 Å². The van der Waals surface area contributed by atoms with Crippen molar-refractivity contribution in [2.45, 2.75) is 57.4 Å². The molecule has 0 aromatic rings. The van der Waals surface area contributed by atoms with Crippen LogP contribution in [0.4, 0.5) is 0 Å². The molecule has 1 heterocycles. The van der Waals surface area contributed by atoms with Crippen molar-refractivity contribution in [3.05, 3.63) is 0 Å². The summed E-state index contributed by atoms with van der Waals surface area (Å²) in [5, 5.41) is -0.354. The standard InChI is InChI=1S/C14H30N2O2S2/c1-4-7-14(12-15,8-5-2)16-9-10-19-11-13(16)20(17,18)6-3/h13H,4-12,15H2,1-3H3. The first-order chi connectivity index (χ1) is 9.47. The van der Waals surface area contributed by atoms with Gasteiger partial charge in [-0.2, -0.15) is 11.8 Å². The van der Waals surface area contributed by atoms with E-state index in [0.29, 0.717) is 12.3 Å². The number of hydrogen-bond acceptors (Lipinski definition) is 5. The van der Waals surface area contributed by atoms with Gasteiger partial charge in [0.25, 0.3) is 0 Å². The highest BCUT2D eigenvalue weighted by molar-refractivity contribution is 8.01. The van der Waals surface area contributed by atoms with Crippen LogP contribution in [-0.4, -0.2) is 54.6 Å². The molecular weight excluding hydrogens is 292 g/mol. The van der Waals surface area contributed by atoms with Crippen LogP contribution < -0.4 is 5.73 Å². The van der Waals surface area contributed by atoms with Crippen LogP contribution in [0.5, 0.6) is 0 Å². The minimum Gasteiger partial charge on any atom is -0.329 e. The van der Waals surface area contributed by atoms with Gasteiger partial charge >= 0.3 is 0 Å². The largest absolute Gasteiger partial charge is 0.329 e. The summed E-state index contributed by atoms with van der Waals surface area (Å²) in [5.41, 5.74) is 5.97. The molecule has 1 aliphatic rings. The van der Waals surface area contributed by atoms with E-state index < -0.39 is 9.84 Å². The molecule has 6 heteroatoms. The number of hydrogen-bond donors (Lipinski definition) is 1. The van der Waals surface area contributed by atoms with Crippen LogP contribution in [0.2, 0.25) is 0 Å². The quantitative estimate of drug-likeness (QED) is 0.741. The monoisotopic (exact) mass is 322 g/mol. The van der Waals surface area contributed by atoms with Crippen molar-refractivity contribution < 1.29 is 8.42 Å². The Kier molecular flexibility index (Phi) is 7.32. The summed E-state index contributed by atoms with van der Waals surface area (Å²) in [7, 11) is -3.05. The van der Waals surface area contributed by atoms with Gasteiger partial charge in [0.2, 0.25) is 0 Å². The van der Waals surface area contributed by atoms with Crippen LogP contribution in [0.3, 0.4) is 0 Å². The Morgan fingerprint density at radius 1 is 1.25 bits per heavy atom. The van der Waals surface area contributed by atoms with Crippen molar-refractivity contribution >= 4 is 21.6 Å². The maximum absolute atomic E-state index is 12.4. The first-order valence-corrected chi connectivity index (χ1v) is 10.6. The lowest BCUT2D eigenvalue weighted by molar-refractivity contribution is 0.0701. The van der Waals surface area contributed by atoms with E-state index >= 15 is 0 Å². The van der Waals surface area contributed by atoms with E-state index in [0.717, 1.165) is 38.0 Å². The average molecular weight is 323 g/mol. The third-order valence-corrected chi connectivity index (χ3v) is 7.61. The molecular formula is C14H30N2O2S2. The fourth-order valence-electron chi connectivity index (χ4n) is 3.28. The number of nitrogens with zero attached hydrogens (tertiary/aromatic N) is 1. The SMILES string of the molecule is CCCC(CN)(CCC)N1CCSCC1S(=O)(=O)CC. The maximum Gasteiger partial charge on any atom is 0.166 e. The van der Waals surface area contributed by atoms with Gasteiger partial charge in [-0.3, -0.25) is 4.90 Å². The Bertz CT molecular complexity index is 379. The van der Waals surface area contributed by atoms with Crippen molar-refractivity contribution in [1.82, 2.24) is 4.90 Å². The van der Waals surface area contributed by atoms with Crippen LogP contribution in [-0.2, 0) is 9.84 Å². The third kappa shape index (κ3) is 3.90.